The first-order valence-corrected chi connectivity index (χ1v) is 7.79. The average molecular weight is 326 g/mol. The number of hydrogen-bond acceptors (Lipinski definition) is 6. The van der Waals surface area contributed by atoms with E-state index in [4.69, 9.17) is 15.2 Å². The van der Waals surface area contributed by atoms with Crippen LogP contribution in [0.2, 0.25) is 0 Å². The number of aromatic nitrogens is 2. The number of hydrogen-bond donors (Lipinski definition) is 1. The summed E-state index contributed by atoms with van der Waals surface area (Å²) < 4.78 is 10.8. The minimum absolute atomic E-state index is 0.0401. The zero-order chi connectivity index (χ0) is 16.8. The molecule has 2 N–H and O–H groups in total. The van der Waals surface area contributed by atoms with Crippen molar-refractivity contribution in [2.75, 3.05) is 26.5 Å². The number of nitrogen functional groups attached to an aromatic ring is 1. The van der Waals surface area contributed by atoms with Gasteiger partial charge in [0, 0.05) is 19.2 Å². The summed E-state index contributed by atoms with van der Waals surface area (Å²) in [7, 11) is 3.24. The van der Waals surface area contributed by atoms with E-state index < -0.39 is 0 Å². The number of carbonyl (C=O) groups excluding carboxylic acids is 1. The number of anilines is 1. The molecule has 0 fully saturated rings. The quantitative estimate of drug-likeness (QED) is 0.896. The van der Waals surface area contributed by atoms with Crippen LogP contribution in [-0.2, 0) is 12.8 Å². The van der Waals surface area contributed by atoms with Crippen molar-refractivity contribution in [2.45, 2.75) is 18.9 Å². The number of carbonyl (C=O) groups is 1. The second-order valence-corrected chi connectivity index (χ2v) is 5.96. The van der Waals surface area contributed by atoms with E-state index in [1.165, 1.54) is 11.8 Å². The zero-order valence-electron chi connectivity index (χ0n) is 13.6. The van der Waals surface area contributed by atoms with Gasteiger partial charge in [0.1, 0.15) is 0 Å². The van der Waals surface area contributed by atoms with Gasteiger partial charge in [-0.15, -0.1) is 0 Å². The van der Waals surface area contributed by atoms with Gasteiger partial charge >= 0.3 is 0 Å². The van der Waals surface area contributed by atoms with Crippen molar-refractivity contribution < 1.29 is 14.3 Å². The van der Waals surface area contributed by atoms with Crippen LogP contribution in [0.15, 0.2) is 18.3 Å². The normalized spacial score (nSPS) is 18.5. The Balaban J connectivity index is 1.83. The van der Waals surface area contributed by atoms with E-state index in [9.17, 15) is 4.79 Å². The molecular formula is C17H18N4O3. The number of rotatable bonds is 2. The predicted molar refractivity (Wildman–Crippen MR) is 87.2 cm³/mol. The van der Waals surface area contributed by atoms with Crippen LogP contribution in [0.1, 0.15) is 33.2 Å². The van der Waals surface area contributed by atoms with E-state index in [0.29, 0.717) is 35.7 Å². The van der Waals surface area contributed by atoms with Crippen LogP contribution in [0.4, 0.5) is 5.95 Å². The average Bonchev–Trinajstić information content (AvgIpc) is 2.60. The van der Waals surface area contributed by atoms with E-state index in [2.05, 4.69) is 9.97 Å². The van der Waals surface area contributed by atoms with Crippen LogP contribution in [0.5, 0.6) is 11.5 Å². The molecule has 0 radical (unpaired) electrons. The van der Waals surface area contributed by atoms with Gasteiger partial charge in [-0.1, -0.05) is 0 Å². The number of ether oxygens (including phenoxy) is 2. The molecule has 7 heteroatoms. The molecule has 3 heterocycles. The molecule has 2 aromatic rings. The van der Waals surface area contributed by atoms with E-state index in [1.807, 2.05) is 17.0 Å². The van der Waals surface area contributed by atoms with Gasteiger partial charge in [-0.05, 0) is 29.7 Å². The van der Waals surface area contributed by atoms with Gasteiger partial charge in [0.15, 0.2) is 11.5 Å². The zero-order valence-corrected chi connectivity index (χ0v) is 13.6. The molecule has 1 aromatic heterocycles. The summed E-state index contributed by atoms with van der Waals surface area (Å²) in [5.41, 5.74) is 9.19. The highest BCUT2D eigenvalue weighted by Crippen LogP contribution is 2.41. The first-order chi connectivity index (χ1) is 11.6. The third kappa shape index (κ3) is 2.08. The molecule has 7 nitrogen and oxygen atoms in total. The molecule has 1 amide bonds. The number of nitrogens with zero attached hydrogens (tertiary/aromatic N) is 3. The standard InChI is InChI=1S/C17H18N4O3/c1-23-14-5-9-3-4-21-13(10(9)6-15(14)24-2)7-12-11(16(21)22)8-19-17(18)20-12/h5-6,8,13H,3-4,7H2,1-2H3,(H2,18,19,20)/t13-/m1/s1. The Morgan fingerprint density at radius 1 is 1.25 bits per heavy atom. The number of nitrogens with two attached hydrogens (primary N) is 1. The summed E-state index contributed by atoms with van der Waals surface area (Å²) in [5, 5.41) is 0. The molecule has 0 unspecified atom stereocenters. The summed E-state index contributed by atoms with van der Waals surface area (Å²) in [6.45, 7) is 0.662. The SMILES string of the molecule is COc1cc2c(cc1OC)[C@H]1Cc3nc(N)ncc3C(=O)N1CC2. The van der Waals surface area contributed by atoms with Crippen molar-refractivity contribution in [1.82, 2.24) is 14.9 Å². The molecule has 4 rings (SSSR count). The number of methoxy groups -OCH3 is 2. The highest BCUT2D eigenvalue weighted by Gasteiger charge is 2.38. The van der Waals surface area contributed by atoms with E-state index >= 15 is 0 Å². The summed E-state index contributed by atoms with van der Waals surface area (Å²) in [5.74, 6) is 1.53. The van der Waals surface area contributed by atoms with Crippen molar-refractivity contribution in [3.63, 3.8) is 0 Å². The van der Waals surface area contributed by atoms with Crippen LogP contribution >= 0.6 is 0 Å². The molecule has 2 aliphatic rings. The molecule has 0 saturated carbocycles. The smallest absolute Gasteiger partial charge is 0.257 e. The van der Waals surface area contributed by atoms with Gasteiger partial charge in [-0.2, -0.15) is 0 Å². The monoisotopic (exact) mass is 326 g/mol. The van der Waals surface area contributed by atoms with Crippen LogP contribution < -0.4 is 15.2 Å². The van der Waals surface area contributed by atoms with Crippen molar-refractivity contribution in [1.29, 1.82) is 0 Å². The van der Waals surface area contributed by atoms with E-state index in [0.717, 1.165) is 12.0 Å². The number of amides is 1. The molecule has 0 bridgehead atoms. The number of benzene rings is 1. The maximum Gasteiger partial charge on any atom is 0.257 e. The van der Waals surface area contributed by atoms with Crippen LogP contribution in [-0.4, -0.2) is 41.5 Å². The Morgan fingerprint density at radius 2 is 2.00 bits per heavy atom. The summed E-state index contributed by atoms with van der Waals surface area (Å²) >= 11 is 0. The maximum absolute atomic E-state index is 12.8. The minimum atomic E-state index is -0.0668. The van der Waals surface area contributed by atoms with Crippen LogP contribution in [0.25, 0.3) is 0 Å². The van der Waals surface area contributed by atoms with Gasteiger partial charge in [-0.3, -0.25) is 4.79 Å². The van der Waals surface area contributed by atoms with E-state index in [-0.39, 0.29) is 17.9 Å². The maximum atomic E-state index is 12.8. The number of fused-ring (bicyclic) bond motifs is 4. The second kappa shape index (κ2) is 5.36. The van der Waals surface area contributed by atoms with Gasteiger partial charge in [0.2, 0.25) is 5.95 Å². The molecule has 124 valence electrons. The predicted octanol–water partition coefficient (Wildman–Crippen LogP) is 1.37. The molecular weight excluding hydrogens is 308 g/mol. The van der Waals surface area contributed by atoms with Crippen LogP contribution in [0, 0.1) is 0 Å². The van der Waals surface area contributed by atoms with Crippen molar-refractivity contribution in [3.8, 4) is 11.5 Å². The van der Waals surface area contributed by atoms with Gasteiger partial charge in [0.25, 0.3) is 5.91 Å². The lowest BCUT2D eigenvalue weighted by atomic mass is 9.85. The lowest BCUT2D eigenvalue weighted by Gasteiger charge is -2.40. The topological polar surface area (TPSA) is 90.6 Å². The Hall–Kier alpha value is -2.83. The fourth-order valence-electron chi connectivity index (χ4n) is 3.60. The fraction of sp³-hybridized carbons (Fsp3) is 0.353. The molecule has 1 atom stereocenters. The molecule has 0 saturated heterocycles. The van der Waals surface area contributed by atoms with Gasteiger partial charge in [-0.25, -0.2) is 9.97 Å². The molecule has 1 aromatic carbocycles. The van der Waals surface area contributed by atoms with Crippen LogP contribution in [0.3, 0.4) is 0 Å². The molecule has 2 aliphatic heterocycles. The molecule has 0 aliphatic carbocycles. The van der Waals surface area contributed by atoms with Gasteiger partial charge in [0.05, 0.1) is 31.5 Å². The lowest BCUT2D eigenvalue weighted by Crippen LogP contribution is -2.44. The fourth-order valence-corrected chi connectivity index (χ4v) is 3.60. The van der Waals surface area contributed by atoms with E-state index in [1.54, 1.807) is 14.2 Å². The van der Waals surface area contributed by atoms with Gasteiger partial charge < -0.3 is 20.1 Å². The lowest BCUT2D eigenvalue weighted by molar-refractivity contribution is 0.0627. The first kappa shape index (κ1) is 14.7. The highest BCUT2D eigenvalue weighted by atomic mass is 16.5. The first-order valence-electron chi connectivity index (χ1n) is 7.79. The second-order valence-electron chi connectivity index (χ2n) is 5.96. The van der Waals surface area contributed by atoms with Crippen molar-refractivity contribution >= 4 is 11.9 Å². The highest BCUT2D eigenvalue weighted by molar-refractivity contribution is 5.96. The molecule has 0 spiro atoms. The Labute approximate surface area is 139 Å². The summed E-state index contributed by atoms with van der Waals surface area (Å²) in [6.07, 6.45) is 2.93. The van der Waals surface area contributed by atoms with Crippen molar-refractivity contribution in [3.05, 3.63) is 40.7 Å². The largest absolute Gasteiger partial charge is 0.493 e. The minimum Gasteiger partial charge on any atom is -0.493 e. The third-order valence-corrected chi connectivity index (χ3v) is 4.77. The van der Waals surface area contributed by atoms with Crippen molar-refractivity contribution in [2.24, 2.45) is 0 Å². The third-order valence-electron chi connectivity index (χ3n) is 4.77. The Morgan fingerprint density at radius 3 is 2.75 bits per heavy atom. The summed E-state index contributed by atoms with van der Waals surface area (Å²) in [6, 6.07) is 3.90. The molecule has 24 heavy (non-hydrogen) atoms. The summed E-state index contributed by atoms with van der Waals surface area (Å²) in [4.78, 5) is 22.9. The Kier molecular flexibility index (Phi) is 3.30. The Bertz CT molecular complexity index is 837.